The van der Waals surface area contributed by atoms with Crippen LogP contribution in [0.15, 0.2) is 48.5 Å². The van der Waals surface area contributed by atoms with E-state index in [2.05, 4.69) is 84.8 Å². The van der Waals surface area contributed by atoms with Gasteiger partial charge in [-0.2, -0.15) is 5.10 Å². The first kappa shape index (κ1) is 25.0. The molecule has 0 amide bonds. The van der Waals surface area contributed by atoms with Gasteiger partial charge in [-0.25, -0.2) is 0 Å². The zero-order chi connectivity index (χ0) is 24.9. The molecule has 4 heteroatoms. The molecule has 2 aliphatic rings. The third-order valence-electron chi connectivity index (χ3n) is 8.44. The largest absolute Gasteiger partial charge is 0.316 e. The number of hydrogen-bond acceptors (Lipinski definition) is 3. The number of rotatable bonds is 5. The number of aryl methyl sites for hydroxylation is 1. The van der Waals surface area contributed by atoms with Crippen LogP contribution in [0.1, 0.15) is 82.4 Å². The highest BCUT2D eigenvalue weighted by Gasteiger charge is 2.21. The Morgan fingerprint density at radius 2 is 1.78 bits per heavy atom. The minimum absolute atomic E-state index is 0.696. The summed E-state index contributed by atoms with van der Waals surface area (Å²) in [5.74, 6) is 2.59. The number of nitrogens with one attached hydrogen (secondary N) is 2. The van der Waals surface area contributed by atoms with Crippen LogP contribution in [0.5, 0.6) is 0 Å². The third-order valence-corrected chi connectivity index (χ3v) is 8.44. The van der Waals surface area contributed by atoms with Gasteiger partial charge >= 0.3 is 0 Å². The van der Waals surface area contributed by atoms with Crippen molar-refractivity contribution < 1.29 is 0 Å². The Bertz CT molecular complexity index is 1280. The van der Waals surface area contributed by atoms with Crippen molar-refractivity contribution in [1.29, 1.82) is 0 Å². The maximum Gasteiger partial charge on any atom is 0.118 e. The number of aromatic nitrogens is 3. The Morgan fingerprint density at radius 1 is 0.944 bits per heavy atom. The molecule has 0 bridgehead atoms. The molecule has 2 N–H and O–H groups in total. The minimum Gasteiger partial charge on any atom is -0.316 e. The molecule has 1 unspecified atom stereocenters. The molecule has 0 radical (unpaired) electrons. The fraction of sp³-hybridized carbons (Fsp3) is 0.500. The molecule has 36 heavy (non-hydrogen) atoms. The summed E-state index contributed by atoms with van der Waals surface area (Å²) in [6.07, 6.45) is 10.9. The Kier molecular flexibility index (Phi) is 8.01. The van der Waals surface area contributed by atoms with Gasteiger partial charge in [-0.3, -0.25) is 10.1 Å². The van der Waals surface area contributed by atoms with E-state index >= 15 is 0 Å². The molecule has 4 aromatic rings. The number of unbranched alkanes of at least 4 members (excludes halogenated alkanes) is 1. The Labute approximate surface area is 216 Å². The fourth-order valence-corrected chi connectivity index (χ4v) is 6.13. The predicted molar refractivity (Wildman–Crippen MR) is 152 cm³/mol. The van der Waals surface area contributed by atoms with E-state index in [-0.39, 0.29) is 0 Å². The van der Waals surface area contributed by atoms with Crippen LogP contribution in [0.3, 0.4) is 0 Å². The van der Waals surface area contributed by atoms with Crippen LogP contribution >= 0.6 is 0 Å². The monoisotopic (exact) mass is 482 g/mol. The first-order valence-corrected chi connectivity index (χ1v) is 14.2. The number of hydrogen-bond donors (Lipinski definition) is 2. The van der Waals surface area contributed by atoms with Gasteiger partial charge in [-0.1, -0.05) is 76.3 Å². The lowest BCUT2D eigenvalue weighted by Crippen LogP contribution is -2.09. The number of fused-ring (bicyclic) bond motifs is 2. The molecule has 2 aromatic carbocycles. The van der Waals surface area contributed by atoms with Gasteiger partial charge < -0.3 is 5.32 Å². The molecule has 2 fully saturated rings. The topological polar surface area (TPSA) is 53.6 Å². The summed E-state index contributed by atoms with van der Waals surface area (Å²) >= 11 is 0. The number of nitrogens with zero attached hydrogens (tertiary/aromatic N) is 2. The van der Waals surface area contributed by atoms with Crippen LogP contribution in [0.2, 0.25) is 0 Å². The van der Waals surface area contributed by atoms with E-state index in [1.807, 2.05) is 0 Å². The second-order valence-corrected chi connectivity index (χ2v) is 11.1. The number of pyridine rings is 1. The number of aromatic amines is 1. The highest BCUT2D eigenvalue weighted by Crippen LogP contribution is 2.36. The van der Waals surface area contributed by atoms with Crippen LogP contribution in [0, 0.1) is 18.8 Å². The van der Waals surface area contributed by atoms with Crippen molar-refractivity contribution in [2.75, 3.05) is 13.1 Å². The molecule has 6 rings (SSSR count). The number of H-pyrrole nitrogens is 1. The van der Waals surface area contributed by atoms with Crippen molar-refractivity contribution in [2.45, 2.75) is 78.1 Å². The molecule has 4 nitrogen and oxygen atoms in total. The molecule has 1 aliphatic carbocycles. The van der Waals surface area contributed by atoms with E-state index in [9.17, 15) is 0 Å². The summed E-state index contributed by atoms with van der Waals surface area (Å²) in [6.45, 7) is 9.22. The molecule has 3 heterocycles. The van der Waals surface area contributed by atoms with Crippen LogP contribution in [-0.2, 0) is 0 Å². The molecule has 1 aliphatic heterocycles. The Morgan fingerprint density at radius 3 is 2.56 bits per heavy atom. The lowest BCUT2D eigenvalue weighted by atomic mass is 9.83. The Balaban J connectivity index is 0.000000226. The van der Waals surface area contributed by atoms with Crippen LogP contribution in [0.4, 0.5) is 0 Å². The number of benzene rings is 2. The Hall–Kier alpha value is -2.72. The summed E-state index contributed by atoms with van der Waals surface area (Å²) in [6, 6.07) is 17.4. The standard InChI is InChI=1S/C23H23N3.C9H19N/c1-15-19-10-6-5-9-18(19)14-22(24-15)23-20-13-17(11-12-21(20)25-26-23)16-7-3-2-4-8-16;1-3-4-5-9-7-10-6-8(9)2/h5-6,9-14,16H,2-4,7-8H2,1H3,(H,25,26);8-10H,3-7H2,1-2H3/t;8?,9-/m.1/s1. The van der Waals surface area contributed by atoms with Gasteiger partial charge in [-0.15, -0.1) is 0 Å². The summed E-state index contributed by atoms with van der Waals surface area (Å²) in [4.78, 5) is 4.85. The lowest BCUT2D eigenvalue weighted by Gasteiger charge is -2.22. The van der Waals surface area contributed by atoms with E-state index in [1.165, 1.54) is 86.2 Å². The van der Waals surface area contributed by atoms with Crippen LogP contribution in [-0.4, -0.2) is 28.3 Å². The minimum atomic E-state index is 0.696. The highest BCUT2D eigenvalue weighted by atomic mass is 15.1. The maximum atomic E-state index is 4.85. The molecule has 0 spiro atoms. The summed E-state index contributed by atoms with van der Waals surface area (Å²) in [5.41, 5.74) is 5.52. The summed E-state index contributed by atoms with van der Waals surface area (Å²) in [7, 11) is 0. The molecule has 2 aromatic heterocycles. The fourth-order valence-electron chi connectivity index (χ4n) is 6.13. The van der Waals surface area contributed by atoms with Gasteiger partial charge in [0, 0.05) is 16.5 Å². The second-order valence-electron chi connectivity index (χ2n) is 11.1. The van der Waals surface area contributed by atoms with Crippen molar-refractivity contribution in [3.63, 3.8) is 0 Å². The van der Waals surface area contributed by atoms with E-state index in [1.54, 1.807) is 0 Å². The van der Waals surface area contributed by atoms with Crippen molar-refractivity contribution in [3.8, 4) is 11.4 Å². The van der Waals surface area contributed by atoms with Gasteiger partial charge in [0.15, 0.2) is 0 Å². The summed E-state index contributed by atoms with van der Waals surface area (Å²) < 4.78 is 0. The van der Waals surface area contributed by atoms with Crippen LogP contribution in [0.25, 0.3) is 33.1 Å². The van der Waals surface area contributed by atoms with Gasteiger partial charge in [0.25, 0.3) is 0 Å². The second kappa shape index (κ2) is 11.6. The average molecular weight is 483 g/mol. The van der Waals surface area contributed by atoms with Crippen LogP contribution < -0.4 is 5.32 Å². The molecular weight excluding hydrogens is 440 g/mol. The van der Waals surface area contributed by atoms with E-state index in [0.29, 0.717) is 5.92 Å². The van der Waals surface area contributed by atoms with E-state index in [0.717, 1.165) is 34.4 Å². The third kappa shape index (κ3) is 5.49. The smallest absolute Gasteiger partial charge is 0.118 e. The quantitative estimate of drug-likeness (QED) is 0.302. The molecule has 2 atom stereocenters. The van der Waals surface area contributed by atoms with E-state index in [4.69, 9.17) is 4.98 Å². The first-order chi connectivity index (χ1) is 17.6. The molecular formula is C32H42N4. The summed E-state index contributed by atoms with van der Waals surface area (Å²) in [5, 5.41) is 14.9. The SMILES string of the molecule is CCCC[C@@H]1CNCC1C.Cc1nc(-c2n[nH]c3ccc(C4CCCCC4)cc23)cc2ccccc12. The normalized spacial score (nSPS) is 20.5. The van der Waals surface area contributed by atoms with E-state index < -0.39 is 0 Å². The molecule has 1 saturated carbocycles. The highest BCUT2D eigenvalue weighted by molar-refractivity contribution is 5.95. The predicted octanol–water partition coefficient (Wildman–Crippen LogP) is 8.17. The maximum absolute atomic E-state index is 4.85. The van der Waals surface area contributed by atoms with Crippen molar-refractivity contribution in [1.82, 2.24) is 20.5 Å². The first-order valence-electron chi connectivity index (χ1n) is 14.2. The zero-order valence-corrected chi connectivity index (χ0v) is 22.3. The lowest BCUT2D eigenvalue weighted by molar-refractivity contribution is 0.409. The average Bonchev–Trinajstić information content (AvgIpc) is 3.53. The molecule has 190 valence electrons. The van der Waals surface area contributed by atoms with Gasteiger partial charge in [0.05, 0.1) is 11.2 Å². The zero-order valence-electron chi connectivity index (χ0n) is 22.3. The van der Waals surface area contributed by atoms with Crippen molar-refractivity contribution >= 4 is 21.7 Å². The van der Waals surface area contributed by atoms with Gasteiger partial charge in [0.1, 0.15) is 5.69 Å². The van der Waals surface area contributed by atoms with Crippen molar-refractivity contribution in [3.05, 3.63) is 59.8 Å². The van der Waals surface area contributed by atoms with Gasteiger partial charge in [0.2, 0.25) is 0 Å². The van der Waals surface area contributed by atoms with Gasteiger partial charge in [-0.05, 0) is 86.2 Å². The molecule has 1 saturated heterocycles. The van der Waals surface area contributed by atoms with Crippen molar-refractivity contribution in [2.24, 2.45) is 11.8 Å².